The van der Waals surface area contributed by atoms with Crippen LogP contribution in [0.15, 0.2) is 24.3 Å². The minimum atomic E-state index is -0.744. The highest BCUT2D eigenvalue weighted by Crippen LogP contribution is 2.13. The first-order chi connectivity index (χ1) is 22.1. The van der Waals surface area contributed by atoms with Crippen LogP contribution in [-0.4, -0.2) is 30.4 Å². The topological polar surface area (TPSA) is 52.6 Å². The zero-order valence-electron chi connectivity index (χ0n) is 29.9. The fraction of sp³-hybridized carbons (Fsp3) is 0.850. The maximum Gasteiger partial charge on any atom is 0.319 e. The van der Waals surface area contributed by atoms with Gasteiger partial charge in [-0.3, -0.25) is 9.59 Å². The first kappa shape index (κ1) is 43.8. The van der Waals surface area contributed by atoms with E-state index in [0.29, 0.717) is 13.2 Å². The molecule has 264 valence electrons. The van der Waals surface area contributed by atoms with Gasteiger partial charge in [0.25, 0.3) is 0 Å². The van der Waals surface area contributed by atoms with Crippen LogP contribution in [0.1, 0.15) is 200 Å². The van der Waals surface area contributed by atoms with Crippen LogP contribution in [0.3, 0.4) is 0 Å². The largest absolute Gasteiger partial charge is 0.466 e. The van der Waals surface area contributed by atoms with Gasteiger partial charge in [-0.1, -0.05) is 154 Å². The number of thiol groups is 1. The predicted octanol–water partition coefficient (Wildman–Crippen LogP) is 12.8. The Morgan fingerprint density at radius 3 is 1.16 bits per heavy atom. The molecule has 0 bridgehead atoms. The van der Waals surface area contributed by atoms with Gasteiger partial charge in [-0.05, 0) is 64.2 Å². The van der Waals surface area contributed by atoms with Gasteiger partial charge < -0.3 is 9.47 Å². The van der Waals surface area contributed by atoms with E-state index in [1.807, 2.05) is 0 Å². The molecule has 5 heteroatoms. The van der Waals surface area contributed by atoms with E-state index in [2.05, 4.69) is 50.8 Å². The van der Waals surface area contributed by atoms with Gasteiger partial charge in [0.05, 0.1) is 19.6 Å². The van der Waals surface area contributed by atoms with E-state index >= 15 is 0 Å². The normalized spacial score (nSPS) is 12.3. The molecule has 0 N–H and O–H groups in total. The van der Waals surface area contributed by atoms with Crippen LogP contribution in [0.5, 0.6) is 0 Å². The maximum atomic E-state index is 12.2. The van der Waals surface area contributed by atoms with Crippen LogP contribution in [-0.2, 0) is 19.1 Å². The lowest BCUT2D eigenvalue weighted by Crippen LogP contribution is -2.23. The third-order valence-electron chi connectivity index (χ3n) is 8.45. The summed E-state index contributed by atoms with van der Waals surface area (Å²) in [6, 6.07) is 0. The van der Waals surface area contributed by atoms with E-state index in [1.54, 1.807) is 0 Å². The number of rotatable bonds is 35. The predicted molar refractivity (Wildman–Crippen MR) is 198 cm³/mol. The Bertz CT molecular complexity index is 690. The minimum Gasteiger partial charge on any atom is -0.466 e. The summed E-state index contributed by atoms with van der Waals surface area (Å²) >= 11 is 4.27. The van der Waals surface area contributed by atoms with Gasteiger partial charge in [-0.2, -0.15) is 12.6 Å². The Hall–Kier alpha value is -1.23. The van der Waals surface area contributed by atoms with Crippen molar-refractivity contribution in [3.63, 3.8) is 0 Å². The summed E-state index contributed by atoms with van der Waals surface area (Å²) < 4.78 is 10.6. The summed E-state index contributed by atoms with van der Waals surface area (Å²) in [6.07, 6.45) is 44.4. The zero-order chi connectivity index (χ0) is 32.9. The van der Waals surface area contributed by atoms with E-state index in [1.165, 1.54) is 154 Å². The molecular formula is C40H74O4S. The van der Waals surface area contributed by atoms with E-state index in [4.69, 9.17) is 9.47 Å². The number of carbonyl (C=O) groups excluding carboxylic acids is 2. The summed E-state index contributed by atoms with van der Waals surface area (Å²) in [5.41, 5.74) is 0. The first-order valence-electron chi connectivity index (χ1n) is 19.4. The number of allylic oxidation sites excluding steroid dienone is 4. The Balaban J connectivity index is 3.45. The van der Waals surface area contributed by atoms with Crippen LogP contribution >= 0.6 is 12.6 Å². The summed E-state index contributed by atoms with van der Waals surface area (Å²) in [6.45, 7) is 5.36. The highest BCUT2D eigenvalue weighted by Gasteiger charge is 2.20. The molecule has 0 aliphatic carbocycles. The average Bonchev–Trinajstić information content (AvgIpc) is 3.03. The quantitative estimate of drug-likeness (QED) is 0.0321. The molecule has 0 aromatic heterocycles. The number of hydrogen-bond acceptors (Lipinski definition) is 5. The second kappa shape index (κ2) is 37.2. The second-order valence-corrected chi connectivity index (χ2v) is 13.6. The molecule has 0 fully saturated rings. The van der Waals surface area contributed by atoms with Crippen molar-refractivity contribution in [3.05, 3.63) is 24.3 Å². The van der Waals surface area contributed by atoms with E-state index in [9.17, 15) is 9.59 Å². The van der Waals surface area contributed by atoms with Gasteiger partial charge in [0.1, 0.15) is 5.25 Å². The van der Waals surface area contributed by atoms with E-state index in [0.717, 1.165) is 25.7 Å². The molecule has 0 heterocycles. The molecule has 0 aliphatic heterocycles. The molecule has 45 heavy (non-hydrogen) atoms. The molecule has 0 radical (unpaired) electrons. The maximum absolute atomic E-state index is 12.2. The number of unbranched alkanes of at least 4 members (excludes halogenated alkanes) is 24. The summed E-state index contributed by atoms with van der Waals surface area (Å²) in [5.74, 6) is -0.780. The van der Waals surface area contributed by atoms with E-state index in [-0.39, 0.29) is 12.4 Å². The van der Waals surface area contributed by atoms with Gasteiger partial charge in [-0.25, -0.2) is 0 Å². The van der Waals surface area contributed by atoms with Crippen molar-refractivity contribution in [2.75, 3.05) is 13.2 Å². The lowest BCUT2D eigenvalue weighted by Gasteiger charge is -2.11. The SMILES string of the molecule is CCCCCCCC/C=C\CCCCCCCCOC(=O)CC(S)C(=O)OCCCCCCCC/C=C\CCCCCCCC. The molecule has 1 atom stereocenters. The fourth-order valence-corrected chi connectivity index (χ4v) is 5.68. The number of ether oxygens (including phenoxy) is 2. The highest BCUT2D eigenvalue weighted by atomic mass is 32.1. The monoisotopic (exact) mass is 651 g/mol. The van der Waals surface area contributed by atoms with Crippen molar-refractivity contribution in [3.8, 4) is 0 Å². The smallest absolute Gasteiger partial charge is 0.319 e. The Kier molecular flexibility index (Phi) is 36.2. The van der Waals surface area contributed by atoms with Gasteiger partial charge in [0, 0.05) is 0 Å². The zero-order valence-corrected chi connectivity index (χ0v) is 30.8. The van der Waals surface area contributed by atoms with Gasteiger partial charge >= 0.3 is 11.9 Å². The lowest BCUT2D eigenvalue weighted by molar-refractivity contribution is -0.149. The number of carbonyl (C=O) groups is 2. The van der Waals surface area contributed by atoms with Crippen molar-refractivity contribution >= 4 is 24.6 Å². The van der Waals surface area contributed by atoms with Crippen LogP contribution in [0.25, 0.3) is 0 Å². The van der Waals surface area contributed by atoms with Gasteiger partial charge in [0.15, 0.2) is 0 Å². The number of hydrogen-bond donors (Lipinski definition) is 1. The highest BCUT2D eigenvalue weighted by molar-refractivity contribution is 7.81. The lowest BCUT2D eigenvalue weighted by atomic mass is 10.1. The summed E-state index contributed by atoms with van der Waals surface area (Å²) in [5, 5.41) is -0.744. The van der Waals surface area contributed by atoms with Gasteiger partial charge in [-0.15, -0.1) is 0 Å². The number of esters is 2. The van der Waals surface area contributed by atoms with Crippen LogP contribution in [0, 0.1) is 0 Å². The van der Waals surface area contributed by atoms with Crippen LogP contribution in [0.2, 0.25) is 0 Å². The van der Waals surface area contributed by atoms with Crippen molar-refractivity contribution in [1.29, 1.82) is 0 Å². The summed E-state index contributed by atoms with van der Waals surface area (Å²) in [4.78, 5) is 24.2. The molecule has 0 rings (SSSR count). The second-order valence-electron chi connectivity index (χ2n) is 13.0. The van der Waals surface area contributed by atoms with Crippen molar-refractivity contribution in [2.24, 2.45) is 0 Å². The molecule has 0 aromatic rings. The Labute approximate surface area is 285 Å². The Morgan fingerprint density at radius 1 is 0.467 bits per heavy atom. The molecular weight excluding hydrogens is 577 g/mol. The third kappa shape index (κ3) is 35.5. The molecule has 0 spiro atoms. The van der Waals surface area contributed by atoms with Crippen LogP contribution in [0.4, 0.5) is 0 Å². The van der Waals surface area contributed by atoms with Crippen molar-refractivity contribution < 1.29 is 19.1 Å². The minimum absolute atomic E-state index is 0.0261. The molecule has 0 aliphatic rings. The third-order valence-corrected chi connectivity index (χ3v) is 8.85. The van der Waals surface area contributed by atoms with Crippen LogP contribution < -0.4 is 0 Å². The molecule has 0 aromatic carbocycles. The fourth-order valence-electron chi connectivity index (χ4n) is 5.45. The molecule has 0 saturated heterocycles. The standard InChI is InChI=1S/C40H74O4S/c1-3-5-7-9-11-13-15-17-19-21-23-25-27-29-31-33-35-43-39(41)37-38(45)40(42)44-36-34-32-30-28-26-24-22-20-18-16-14-12-10-8-6-4-2/h17-20,38,45H,3-16,21-37H2,1-2H3/b19-17-,20-18-. The Morgan fingerprint density at radius 2 is 0.778 bits per heavy atom. The molecule has 0 saturated carbocycles. The van der Waals surface area contributed by atoms with Crippen molar-refractivity contribution in [2.45, 2.75) is 205 Å². The molecule has 4 nitrogen and oxygen atoms in total. The van der Waals surface area contributed by atoms with Gasteiger partial charge in [0.2, 0.25) is 0 Å². The molecule has 1 unspecified atom stereocenters. The average molecular weight is 651 g/mol. The van der Waals surface area contributed by atoms with E-state index < -0.39 is 11.2 Å². The van der Waals surface area contributed by atoms with Crippen molar-refractivity contribution in [1.82, 2.24) is 0 Å². The summed E-state index contributed by atoms with van der Waals surface area (Å²) in [7, 11) is 0. The first-order valence-corrected chi connectivity index (χ1v) is 19.9. The molecule has 0 amide bonds.